The van der Waals surface area contributed by atoms with Gasteiger partial charge in [0, 0.05) is 23.0 Å². The van der Waals surface area contributed by atoms with Gasteiger partial charge in [0.2, 0.25) is 0 Å². The summed E-state index contributed by atoms with van der Waals surface area (Å²) in [5, 5.41) is 12.3. The van der Waals surface area contributed by atoms with E-state index in [9.17, 15) is 5.11 Å². The molecule has 0 unspecified atom stereocenters. The fourth-order valence-electron chi connectivity index (χ4n) is 9.24. The molecule has 0 aliphatic heterocycles. The first-order valence-electron chi connectivity index (χ1n) is 23.6. The standard InChI is InChI=1S/C62H61N3O/c1-39(2)31-48-35-52(27-28-53(48)45-19-14-11-15-20-45)65-58-22-16-21-54(59(58)64-61(65)56-37-47(40(3)4)36-55(41(5)6)60(56)66)49-32-50(34-51(33-49)62(7,8)9)57-38-46(29-30-63-57)44-25-23-43(24-26-44)42-17-12-10-13-18-42/h10-30,32-41,66H,31H2,1-9H3. The molecule has 9 aromatic rings. The Hall–Kier alpha value is -7.04. The zero-order chi connectivity index (χ0) is 46.3. The molecule has 0 amide bonds. The molecule has 0 bridgehead atoms. The van der Waals surface area contributed by atoms with Crippen molar-refractivity contribution in [2.75, 3.05) is 0 Å². The summed E-state index contributed by atoms with van der Waals surface area (Å²) >= 11 is 0. The van der Waals surface area contributed by atoms with E-state index in [4.69, 9.17) is 9.97 Å². The SMILES string of the molecule is CC(C)Cc1cc(-n2c(-c3cc(C(C)C)cc(C(C)C)c3O)nc3c(-c4cc(-c5cc(-c6ccc(-c7ccccc7)cc6)ccn5)cc(C(C)(C)C)c4)cccc32)ccc1-c1ccccc1. The molecule has 7 aromatic carbocycles. The largest absolute Gasteiger partial charge is 0.507 e. The molecule has 0 saturated carbocycles. The summed E-state index contributed by atoms with van der Waals surface area (Å²) in [5.74, 6) is 1.85. The summed E-state index contributed by atoms with van der Waals surface area (Å²) in [5.41, 5.74) is 19.2. The van der Waals surface area contributed by atoms with Crippen LogP contribution in [0.5, 0.6) is 5.75 Å². The van der Waals surface area contributed by atoms with Gasteiger partial charge in [-0.1, -0.05) is 178 Å². The van der Waals surface area contributed by atoms with Crippen molar-refractivity contribution in [2.24, 2.45) is 5.92 Å². The predicted molar refractivity (Wildman–Crippen MR) is 279 cm³/mol. The Morgan fingerprint density at radius 3 is 1.83 bits per heavy atom. The van der Waals surface area contributed by atoms with Crippen molar-refractivity contribution in [3.05, 3.63) is 192 Å². The predicted octanol–water partition coefficient (Wildman–Crippen LogP) is 16.9. The summed E-state index contributed by atoms with van der Waals surface area (Å²) in [7, 11) is 0. The second kappa shape index (κ2) is 18.1. The highest BCUT2D eigenvalue weighted by Gasteiger charge is 2.25. The molecule has 1 N–H and O–H groups in total. The highest BCUT2D eigenvalue weighted by molar-refractivity contribution is 5.97. The summed E-state index contributed by atoms with van der Waals surface area (Å²) in [6.45, 7) is 20.1. The molecule has 4 heteroatoms. The van der Waals surface area contributed by atoms with Crippen LogP contribution >= 0.6 is 0 Å². The van der Waals surface area contributed by atoms with Gasteiger partial charge >= 0.3 is 0 Å². The van der Waals surface area contributed by atoms with Crippen molar-refractivity contribution in [2.45, 2.75) is 86.0 Å². The molecule has 0 saturated heterocycles. The molecule has 0 spiro atoms. The lowest BCUT2D eigenvalue weighted by atomic mass is 9.83. The van der Waals surface area contributed by atoms with Crippen LogP contribution < -0.4 is 0 Å². The van der Waals surface area contributed by atoms with Gasteiger partial charge in [0.1, 0.15) is 11.6 Å². The van der Waals surface area contributed by atoms with Crippen LogP contribution in [0.25, 0.3) is 83.9 Å². The van der Waals surface area contributed by atoms with Gasteiger partial charge in [-0.2, -0.15) is 0 Å². The lowest BCUT2D eigenvalue weighted by molar-refractivity contribution is 0.466. The molecular formula is C62H61N3O. The minimum atomic E-state index is -0.141. The summed E-state index contributed by atoms with van der Waals surface area (Å²) in [6.07, 6.45) is 2.85. The monoisotopic (exact) mass is 863 g/mol. The molecule has 0 fully saturated rings. The van der Waals surface area contributed by atoms with Crippen molar-refractivity contribution in [3.8, 4) is 78.6 Å². The molecule has 2 aromatic heterocycles. The Bertz CT molecular complexity index is 3170. The Balaban J connectivity index is 1.25. The number of fused-ring (bicyclic) bond motifs is 1. The zero-order valence-electron chi connectivity index (χ0n) is 39.9. The van der Waals surface area contributed by atoms with Gasteiger partial charge in [-0.25, -0.2) is 4.98 Å². The minimum Gasteiger partial charge on any atom is -0.507 e. The molecule has 330 valence electrons. The number of phenolic OH excluding ortho intramolecular Hbond substituents is 1. The normalized spacial score (nSPS) is 11.9. The maximum atomic E-state index is 12.3. The molecule has 66 heavy (non-hydrogen) atoms. The van der Waals surface area contributed by atoms with Crippen molar-refractivity contribution < 1.29 is 5.11 Å². The lowest BCUT2D eigenvalue weighted by Gasteiger charge is -2.22. The third-order valence-electron chi connectivity index (χ3n) is 12.9. The third kappa shape index (κ3) is 8.85. The van der Waals surface area contributed by atoms with Crippen LogP contribution in [0.3, 0.4) is 0 Å². The van der Waals surface area contributed by atoms with Crippen LogP contribution in [0.15, 0.2) is 170 Å². The number of aromatic nitrogens is 3. The number of rotatable bonds is 11. The van der Waals surface area contributed by atoms with Gasteiger partial charge in [-0.3, -0.25) is 9.55 Å². The Morgan fingerprint density at radius 1 is 0.530 bits per heavy atom. The quantitative estimate of drug-likeness (QED) is 0.141. The highest BCUT2D eigenvalue weighted by atomic mass is 16.3. The van der Waals surface area contributed by atoms with Gasteiger partial charge in [0.15, 0.2) is 0 Å². The van der Waals surface area contributed by atoms with Crippen LogP contribution in [-0.4, -0.2) is 19.6 Å². The van der Waals surface area contributed by atoms with Crippen LogP contribution in [0.4, 0.5) is 0 Å². The second-order valence-corrected chi connectivity index (χ2v) is 20.0. The first-order valence-corrected chi connectivity index (χ1v) is 23.6. The van der Waals surface area contributed by atoms with Crippen molar-refractivity contribution >= 4 is 11.0 Å². The van der Waals surface area contributed by atoms with Gasteiger partial charge in [0.25, 0.3) is 0 Å². The maximum Gasteiger partial charge on any atom is 0.149 e. The number of hydrogen-bond acceptors (Lipinski definition) is 3. The number of aromatic hydroxyl groups is 1. The molecule has 0 atom stereocenters. The maximum absolute atomic E-state index is 12.3. The number of nitrogens with zero attached hydrogens (tertiary/aromatic N) is 3. The summed E-state index contributed by atoms with van der Waals surface area (Å²) in [6, 6.07) is 58.9. The first kappa shape index (κ1) is 44.2. The van der Waals surface area contributed by atoms with Gasteiger partial charge in [-0.15, -0.1) is 0 Å². The van der Waals surface area contributed by atoms with E-state index in [0.29, 0.717) is 5.92 Å². The number of phenols is 1. The molecule has 0 radical (unpaired) electrons. The van der Waals surface area contributed by atoms with E-state index >= 15 is 0 Å². The average molecular weight is 864 g/mol. The summed E-state index contributed by atoms with van der Waals surface area (Å²) in [4.78, 5) is 10.6. The van der Waals surface area contributed by atoms with E-state index in [1.165, 1.54) is 38.9 Å². The second-order valence-electron chi connectivity index (χ2n) is 20.0. The Kier molecular flexibility index (Phi) is 12.1. The van der Waals surface area contributed by atoms with Gasteiger partial charge in [-0.05, 0) is 139 Å². The third-order valence-corrected chi connectivity index (χ3v) is 12.9. The Labute approximate surface area is 391 Å². The van der Waals surface area contributed by atoms with Crippen LogP contribution in [0.2, 0.25) is 0 Å². The number of imidazole rings is 1. The molecule has 0 aliphatic rings. The van der Waals surface area contributed by atoms with Crippen LogP contribution in [0, 0.1) is 5.92 Å². The smallest absolute Gasteiger partial charge is 0.149 e. The van der Waals surface area contributed by atoms with E-state index in [2.05, 4.69) is 231 Å². The van der Waals surface area contributed by atoms with E-state index in [-0.39, 0.29) is 23.0 Å². The number of benzene rings is 7. The molecule has 0 aliphatic carbocycles. The fraction of sp³-hybridized carbons (Fsp3) is 0.226. The van der Waals surface area contributed by atoms with Crippen molar-refractivity contribution in [3.63, 3.8) is 0 Å². The molecule has 2 heterocycles. The average Bonchev–Trinajstić information content (AvgIpc) is 3.71. The van der Waals surface area contributed by atoms with E-state index in [1.54, 1.807) is 0 Å². The van der Waals surface area contributed by atoms with Gasteiger partial charge < -0.3 is 5.11 Å². The van der Waals surface area contributed by atoms with Crippen molar-refractivity contribution in [1.29, 1.82) is 0 Å². The van der Waals surface area contributed by atoms with E-state index in [0.717, 1.165) is 73.6 Å². The van der Waals surface area contributed by atoms with Crippen LogP contribution in [0.1, 0.15) is 96.4 Å². The van der Waals surface area contributed by atoms with Crippen molar-refractivity contribution in [1.82, 2.24) is 14.5 Å². The zero-order valence-corrected chi connectivity index (χ0v) is 39.9. The van der Waals surface area contributed by atoms with E-state index in [1.807, 2.05) is 6.20 Å². The fourth-order valence-corrected chi connectivity index (χ4v) is 9.24. The summed E-state index contributed by atoms with van der Waals surface area (Å²) < 4.78 is 2.28. The Morgan fingerprint density at radius 2 is 1.18 bits per heavy atom. The topological polar surface area (TPSA) is 50.9 Å². The molecule has 9 rings (SSSR count). The van der Waals surface area contributed by atoms with Crippen LogP contribution in [-0.2, 0) is 11.8 Å². The van der Waals surface area contributed by atoms with E-state index < -0.39 is 0 Å². The first-order chi connectivity index (χ1) is 31.7. The van der Waals surface area contributed by atoms with Gasteiger partial charge in [0.05, 0.1) is 22.3 Å². The highest BCUT2D eigenvalue weighted by Crippen LogP contribution is 2.44. The lowest BCUT2D eigenvalue weighted by Crippen LogP contribution is -2.11. The number of pyridine rings is 1. The number of hydrogen-bond donors (Lipinski definition) is 1. The molecule has 4 nitrogen and oxygen atoms in total. The number of para-hydroxylation sites is 1. The minimum absolute atomic E-state index is 0.123. The molecular weight excluding hydrogens is 803 g/mol.